The summed E-state index contributed by atoms with van der Waals surface area (Å²) in [5.74, 6) is 2.38. The lowest BCUT2D eigenvalue weighted by Gasteiger charge is -2.13. The smallest absolute Gasteiger partial charge is 0.343 e. The van der Waals surface area contributed by atoms with Gasteiger partial charge in [-0.15, -0.1) is 0 Å². The zero-order valence-corrected chi connectivity index (χ0v) is 42.4. The van der Waals surface area contributed by atoms with Gasteiger partial charge in [0.15, 0.2) is 0 Å². The van der Waals surface area contributed by atoms with Crippen LogP contribution >= 0.6 is 0 Å². The van der Waals surface area contributed by atoms with Gasteiger partial charge in [-0.3, -0.25) is 0 Å². The Bertz CT molecular complexity index is 2110. The Kier molecular flexibility index (Phi) is 26.1. The first-order valence-electron chi connectivity index (χ1n) is 26.7. The molecular formula is C62H82O7. The third kappa shape index (κ3) is 21.7. The highest BCUT2D eigenvalue weighted by Gasteiger charge is 2.13. The lowest BCUT2D eigenvalue weighted by atomic mass is 10.0. The molecule has 5 aromatic carbocycles. The molecule has 0 saturated carbocycles. The van der Waals surface area contributed by atoms with Crippen LogP contribution in [-0.2, 0) is 4.74 Å². The van der Waals surface area contributed by atoms with Crippen LogP contribution in [0, 0.1) is 0 Å². The maximum absolute atomic E-state index is 12.9. The fourth-order valence-electron chi connectivity index (χ4n) is 8.45. The molecule has 1 unspecified atom stereocenters. The number of unbranched alkanes of at least 4 members (excludes halogenated alkanes) is 19. The molecule has 0 heterocycles. The first kappa shape index (κ1) is 54.4. The number of esters is 2. The van der Waals surface area contributed by atoms with E-state index in [1.54, 1.807) is 36.4 Å². The number of ether oxygens (including phenoxy) is 5. The van der Waals surface area contributed by atoms with Gasteiger partial charge in [-0.05, 0) is 134 Å². The van der Waals surface area contributed by atoms with Crippen LogP contribution in [0.4, 0.5) is 0 Å². The third-order valence-electron chi connectivity index (χ3n) is 12.8. The van der Waals surface area contributed by atoms with E-state index in [9.17, 15) is 9.59 Å². The monoisotopic (exact) mass is 939 g/mol. The van der Waals surface area contributed by atoms with Crippen LogP contribution in [0.25, 0.3) is 22.3 Å². The van der Waals surface area contributed by atoms with Crippen LogP contribution in [0.5, 0.6) is 23.0 Å². The number of hydrogen-bond donors (Lipinski definition) is 0. The molecule has 0 radical (unpaired) electrons. The van der Waals surface area contributed by atoms with Crippen LogP contribution in [0.2, 0.25) is 0 Å². The normalized spacial score (nSPS) is 11.5. The van der Waals surface area contributed by atoms with Crippen LogP contribution in [-0.4, -0.2) is 37.9 Å². The fraction of sp³-hybridized carbons (Fsp3) is 0.484. The number of rotatable bonds is 36. The number of carbonyl (C=O) groups is 2. The van der Waals surface area contributed by atoms with E-state index in [4.69, 9.17) is 23.7 Å². The van der Waals surface area contributed by atoms with Gasteiger partial charge >= 0.3 is 11.9 Å². The van der Waals surface area contributed by atoms with Gasteiger partial charge in [0.1, 0.15) is 23.0 Å². The summed E-state index contributed by atoms with van der Waals surface area (Å²) in [5, 5.41) is 0. The summed E-state index contributed by atoms with van der Waals surface area (Å²) in [5.41, 5.74) is 5.29. The van der Waals surface area contributed by atoms with E-state index in [1.807, 2.05) is 43.3 Å². The van der Waals surface area contributed by atoms with Crippen molar-refractivity contribution in [3.8, 4) is 45.3 Å². The summed E-state index contributed by atoms with van der Waals surface area (Å²) in [7, 11) is 0. The molecule has 1 atom stereocenters. The predicted molar refractivity (Wildman–Crippen MR) is 284 cm³/mol. The van der Waals surface area contributed by atoms with Gasteiger partial charge in [-0.1, -0.05) is 178 Å². The first-order chi connectivity index (χ1) is 33.9. The second kappa shape index (κ2) is 33.1. The van der Waals surface area contributed by atoms with Crippen LogP contribution < -0.4 is 18.9 Å². The van der Waals surface area contributed by atoms with E-state index >= 15 is 0 Å². The number of benzene rings is 5. The van der Waals surface area contributed by atoms with Crippen molar-refractivity contribution >= 4 is 11.9 Å². The summed E-state index contributed by atoms with van der Waals surface area (Å²) in [6.07, 6.45) is 28.0. The van der Waals surface area contributed by atoms with Crippen LogP contribution in [0.15, 0.2) is 121 Å². The molecule has 0 aromatic heterocycles. The Morgan fingerprint density at radius 1 is 0.348 bits per heavy atom. The summed E-state index contributed by atoms with van der Waals surface area (Å²) >= 11 is 0. The minimum atomic E-state index is -0.420. The van der Waals surface area contributed by atoms with Crippen molar-refractivity contribution < 1.29 is 33.3 Å². The van der Waals surface area contributed by atoms with E-state index in [-0.39, 0.29) is 12.1 Å². The van der Waals surface area contributed by atoms with Crippen molar-refractivity contribution in [2.45, 2.75) is 175 Å². The van der Waals surface area contributed by atoms with Gasteiger partial charge in [0.05, 0.1) is 37.1 Å². The lowest BCUT2D eigenvalue weighted by molar-refractivity contribution is 0.0319. The Morgan fingerprint density at radius 3 is 1.03 bits per heavy atom. The second-order valence-electron chi connectivity index (χ2n) is 18.7. The Balaban J connectivity index is 0.832. The van der Waals surface area contributed by atoms with Crippen molar-refractivity contribution in [2.24, 2.45) is 0 Å². The summed E-state index contributed by atoms with van der Waals surface area (Å²) in [4.78, 5) is 25.5. The summed E-state index contributed by atoms with van der Waals surface area (Å²) in [6, 6.07) is 38.8. The third-order valence-corrected chi connectivity index (χ3v) is 12.8. The molecule has 0 fully saturated rings. The molecule has 5 aromatic rings. The number of hydrogen-bond acceptors (Lipinski definition) is 7. The molecule has 7 heteroatoms. The number of carbonyl (C=O) groups excluding carboxylic acids is 2. The van der Waals surface area contributed by atoms with Gasteiger partial charge in [0.25, 0.3) is 0 Å². The molecule has 0 aliphatic heterocycles. The lowest BCUT2D eigenvalue weighted by Crippen LogP contribution is -2.15. The van der Waals surface area contributed by atoms with Gasteiger partial charge in [0, 0.05) is 0 Å². The molecule has 0 spiro atoms. The molecule has 0 bridgehead atoms. The van der Waals surface area contributed by atoms with Crippen LogP contribution in [0.3, 0.4) is 0 Å². The minimum absolute atomic E-state index is 0.0976. The maximum atomic E-state index is 12.9. The largest absolute Gasteiger partial charge is 0.494 e. The molecule has 372 valence electrons. The molecule has 0 saturated heterocycles. The van der Waals surface area contributed by atoms with Gasteiger partial charge in [-0.25, -0.2) is 9.59 Å². The fourth-order valence-corrected chi connectivity index (χ4v) is 8.45. The molecule has 0 aliphatic rings. The van der Waals surface area contributed by atoms with E-state index in [0.717, 1.165) is 80.1 Å². The molecule has 0 aliphatic carbocycles. The van der Waals surface area contributed by atoms with E-state index in [2.05, 4.69) is 62.4 Å². The highest BCUT2D eigenvalue weighted by atomic mass is 16.5. The molecule has 69 heavy (non-hydrogen) atoms. The second-order valence-corrected chi connectivity index (χ2v) is 18.7. The Labute approximate surface area is 415 Å². The molecular weight excluding hydrogens is 857 g/mol. The SMILES string of the molecule is CCCCCCCCCCOc1ccc(-c2ccc(OCCCCCCCCCCCCOc3ccc(C(=O)Oc4ccc(-c5ccc(C(=O)OC(C)CCCCCC)cc5)cc4)cc3)cc2)cc1. The summed E-state index contributed by atoms with van der Waals surface area (Å²) < 4.78 is 29.3. The quantitative estimate of drug-likeness (QED) is 0.0225. The highest BCUT2D eigenvalue weighted by Crippen LogP contribution is 2.27. The summed E-state index contributed by atoms with van der Waals surface area (Å²) in [6.45, 7) is 8.63. The average Bonchev–Trinajstić information content (AvgIpc) is 3.38. The molecule has 0 N–H and O–H groups in total. The van der Waals surface area contributed by atoms with E-state index < -0.39 is 5.97 Å². The van der Waals surface area contributed by atoms with Crippen molar-refractivity contribution in [3.63, 3.8) is 0 Å². The molecule has 7 nitrogen and oxygen atoms in total. The van der Waals surface area contributed by atoms with Crippen molar-refractivity contribution in [1.82, 2.24) is 0 Å². The van der Waals surface area contributed by atoms with Gasteiger partial charge in [-0.2, -0.15) is 0 Å². The first-order valence-corrected chi connectivity index (χ1v) is 26.7. The van der Waals surface area contributed by atoms with E-state index in [1.165, 1.54) is 120 Å². The molecule has 0 amide bonds. The van der Waals surface area contributed by atoms with Crippen molar-refractivity contribution in [1.29, 1.82) is 0 Å². The molecule has 5 rings (SSSR count). The average molecular weight is 939 g/mol. The van der Waals surface area contributed by atoms with Crippen molar-refractivity contribution in [3.05, 3.63) is 132 Å². The maximum Gasteiger partial charge on any atom is 0.343 e. The zero-order valence-electron chi connectivity index (χ0n) is 42.4. The zero-order chi connectivity index (χ0) is 48.6. The van der Waals surface area contributed by atoms with E-state index in [0.29, 0.717) is 23.5 Å². The standard InChI is InChI=1S/C62H82O7/c1-4-6-8-10-11-16-19-23-47-65-57-39-31-52(32-40-57)53-33-41-58(42-34-53)66-48-24-20-17-14-12-13-15-18-21-25-49-67-59-43-37-56(38-44-59)62(64)69-60-45-35-54(36-46-60)51-27-29-55(30-28-51)61(63)68-50(3)26-22-9-7-5-2/h27-46,50H,4-26,47-49H2,1-3H3. The van der Waals surface area contributed by atoms with Crippen molar-refractivity contribution in [2.75, 3.05) is 19.8 Å². The minimum Gasteiger partial charge on any atom is -0.494 e. The van der Waals surface area contributed by atoms with Crippen LogP contribution in [0.1, 0.15) is 189 Å². The Morgan fingerprint density at radius 2 is 0.638 bits per heavy atom. The predicted octanol–water partition coefficient (Wildman–Crippen LogP) is 17.6. The van der Waals surface area contributed by atoms with Gasteiger partial charge < -0.3 is 23.7 Å². The Hall–Kier alpha value is -5.56. The highest BCUT2D eigenvalue weighted by molar-refractivity contribution is 5.91. The topological polar surface area (TPSA) is 80.3 Å². The van der Waals surface area contributed by atoms with Gasteiger partial charge in [0.2, 0.25) is 0 Å².